The van der Waals surface area contributed by atoms with Crippen molar-refractivity contribution in [3.05, 3.63) is 29.6 Å². The number of hydrogen-bond acceptors (Lipinski definition) is 5. The molecule has 3 heterocycles. The summed E-state index contributed by atoms with van der Waals surface area (Å²) in [5.41, 5.74) is 1.23. The molecule has 0 radical (unpaired) electrons. The Balaban J connectivity index is 1.24. The van der Waals surface area contributed by atoms with E-state index < -0.39 is 5.97 Å². The van der Waals surface area contributed by atoms with Gasteiger partial charge in [-0.25, -0.2) is 9.78 Å². The van der Waals surface area contributed by atoms with Gasteiger partial charge < -0.3 is 15.2 Å². The van der Waals surface area contributed by atoms with E-state index in [0.717, 1.165) is 63.0 Å². The summed E-state index contributed by atoms with van der Waals surface area (Å²) in [6, 6.07) is 4.70. The van der Waals surface area contributed by atoms with E-state index >= 15 is 0 Å². The molecule has 3 fully saturated rings. The van der Waals surface area contributed by atoms with Gasteiger partial charge in [0.1, 0.15) is 5.69 Å². The number of piperidine rings is 1. The molecule has 1 spiro atoms. The Kier molecular flexibility index (Phi) is 4.99. The number of nitrogens with one attached hydrogen (secondary N) is 1. The Morgan fingerprint density at radius 1 is 1.42 bits per heavy atom. The van der Waals surface area contributed by atoms with Gasteiger partial charge >= 0.3 is 5.97 Å². The smallest absolute Gasteiger partial charge is 0.354 e. The van der Waals surface area contributed by atoms with Gasteiger partial charge in [-0.3, -0.25) is 4.90 Å². The highest BCUT2D eigenvalue weighted by atomic mass is 16.5. The van der Waals surface area contributed by atoms with E-state index in [1.54, 1.807) is 12.3 Å². The van der Waals surface area contributed by atoms with Crippen LogP contribution in [-0.4, -0.2) is 58.3 Å². The molecule has 2 N–H and O–H groups in total. The number of ether oxygens (including phenoxy) is 1. The van der Waals surface area contributed by atoms with Crippen molar-refractivity contribution in [1.82, 2.24) is 15.2 Å². The number of pyridine rings is 1. The van der Waals surface area contributed by atoms with E-state index in [0.29, 0.717) is 6.04 Å². The molecule has 2 aliphatic heterocycles. The SMILES string of the molecule is CC[C@@H]1C[C@H]1NC1COC2(CCN(Cc3ccc(C(=O)O)nc3)CC2)C1. The molecule has 3 atom stereocenters. The van der Waals surface area contributed by atoms with E-state index in [-0.39, 0.29) is 11.3 Å². The quantitative estimate of drug-likeness (QED) is 0.812. The van der Waals surface area contributed by atoms with E-state index in [4.69, 9.17) is 9.84 Å². The Bertz CT molecular complexity index is 640. The molecule has 4 rings (SSSR count). The van der Waals surface area contributed by atoms with Gasteiger partial charge in [0.2, 0.25) is 0 Å². The molecular weight excluding hydrogens is 330 g/mol. The van der Waals surface area contributed by atoms with Crippen LogP contribution in [0.3, 0.4) is 0 Å². The summed E-state index contributed by atoms with van der Waals surface area (Å²) in [4.78, 5) is 17.3. The third-order valence-corrected chi connectivity index (χ3v) is 6.32. The molecule has 6 heteroatoms. The van der Waals surface area contributed by atoms with Crippen LogP contribution in [0.4, 0.5) is 0 Å². The number of hydrogen-bond donors (Lipinski definition) is 2. The predicted octanol–water partition coefficient (Wildman–Crippen LogP) is 2.29. The molecule has 1 saturated carbocycles. The Morgan fingerprint density at radius 2 is 2.23 bits per heavy atom. The van der Waals surface area contributed by atoms with Crippen LogP contribution in [0.25, 0.3) is 0 Å². The minimum absolute atomic E-state index is 0.0657. The second kappa shape index (κ2) is 7.25. The highest BCUT2D eigenvalue weighted by molar-refractivity contribution is 5.85. The van der Waals surface area contributed by atoms with Crippen LogP contribution in [-0.2, 0) is 11.3 Å². The molecule has 0 amide bonds. The van der Waals surface area contributed by atoms with E-state index in [1.807, 2.05) is 6.07 Å². The first kappa shape index (κ1) is 17.9. The fourth-order valence-corrected chi connectivity index (χ4v) is 4.53. The second-order valence-electron chi connectivity index (χ2n) is 8.21. The van der Waals surface area contributed by atoms with Gasteiger partial charge in [0.15, 0.2) is 0 Å². The van der Waals surface area contributed by atoms with Gasteiger partial charge in [-0.1, -0.05) is 19.4 Å². The number of carbonyl (C=O) groups is 1. The van der Waals surface area contributed by atoms with Gasteiger partial charge in [-0.05, 0) is 43.2 Å². The molecule has 0 bridgehead atoms. The van der Waals surface area contributed by atoms with E-state index in [2.05, 4.69) is 22.1 Å². The standard InChI is InChI=1S/C20H29N3O3/c1-2-15-9-18(15)22-16-10-20(26-13-16)5-7-23(8-6-20)12-14-3-4-17(19(24)25)21-11-14/h3-4,11,15-16,18,22H,2,5-10,12-13H2,1H3,(H,24,25)/t15-,16?,18-/m1/s1. The fourth-order valence-electron chi connectivity index (χ4n) is 4.53. The summed E-state index contributed by atoms with van der Waals surface area (Å²) in [7, 11) is 0. The van der Waals surface area contributed by atoms with Crippen LogP contribution < -0.4 is 5.32 Å². The highest BCUT2D eigenvalue weighted by Gasteiger charge is 2.45. The molecule has 0 aromatic carbocycles. The average Bonchev–Trinajstić information content (AvgIpc) is 3.29. The van der Waals surface area contributed by atoms with Crippen molar-refractivity contribution < 1.29 is 14.6 Å². The summed E-state index contributed by atoms with van der Waals surface area (Å²) in [6.07, 6.45) is 7.60. The van der Waals surface area contributed by atoms with Crippen molar-refractivity contribution in [2.75, 3.05) is 19.7 Å². The molecule has 2 saturated heterocycles. The summed E-state index contributed by atoms with van der Waals surface area (Å²) >= 11 is 0. The van der Waals surface area contributed by atoms with Crippen molar-refractivity contribution >= 4 is 5.97 Å². The maximum Gasteiger partial charge on any atom is 0.354 e. The topological polar surface area (TPSA) is 74.7 Å². The van der Waals surface area contributed by atoms with Crippen molar-refractivity contribution in [3.8, 4) is 0 Å². The zero-order chi connectivity index (χ0) is 18.1. The van der Waals surface area contributed by atoms with Gasteiger partial charge in [0.25, 0.3) is 0 Å². The lowest BCUT2D eigenvalue weighted by molar-refractivity contribution is -0.0449. The highest BCUT2D eigenvalue weighted by Crippen LogP contribution is 2.39. The Labute approximate surface area is 154 Å². The third-order valence-electron chi connectivity index (χ3n) is 6.32. The number of aromatic carboxylic acids is 1. The van der Waals surface area contributed by atoms with Crippen molar-refractivity contribution in [1.29, 1.82) is 0 Å². The van der Waals surface area contributed by atoms with Gasteiger partial charge in [-0.15, -0.1) is 0 Å². The van der Waals surface area contributed by atoms with Crippen LogP contribution in [0.2, 0.25) is 0 Å². The maximum atomic E-state index is 10.9. The number of aromatic nitrogens is 1. The van der Waals surface area contributed by atoms with Crippen LogP contribution >= 0.6 is 0 Å². The lowest BCUT2D eigenvalue weighted by Gasteiger charge is -2.38. The molecule has 1 aromatic rings. The molecule has 1 aromatic heterocycles. The van der Waals surface area contributed by atoms with Gasteiger partial charge in [-0.2, -0.15) is 0 Å². The molecule has 1 unspecified atom stereocenters. The summed E-state index contributed by atoms with van der Waals surface area (Å²) in [5.74, 6) is -0.0935. The van der Waals surface area contributed by atoms with Crippen molar-refractivity contribution in [2.24, 2.45) is 5.92 Å². The molecular formula is C20H29N3O3. The largest absolute Gasteiger partial charge is 0.477 e. The number of likely N-dealkylation sites (tertiary alicyclic amines) is 1. The molecule has 3 aliphatic rings. The second-order valence-corrected chi connectivity index (χ2v) is 8.21. The van der Waals surface area contributed by atoms with Gasteiger partial charge in [0, 0.05) is 37.9 Å². The monoisotopic (exact) mass is 359 g/mol. The first-order valence-corrected chi connectivity index (χ1v) is 9.87. The van der Waals surface area contributed by atoms with Crippen LogP contribution in [0.5, 0.6) is 0 Å². The number of carboxylic acids is 1. The summed E-state index contributed by atoms with van der Waals surface area (Å²) in [6.45, 7) is 6.00. The molecule has 26 heavy (non-hydrogen) atoms. The zero-order valence-corrected chi connectivity index (χ0v) is 15.5. The summed E-state index contributed by atoms with van der Waals surface area (Å²) < 4.78 is 6.27. The maximum absolute atomic E-state index is 10.9. The Hall–Kier alpha value is -1.50. The molecule has 6 nitrogen and oxygen atoms in total. The van der Waals surface area contributed by atoms with Gasteiger partial charge in [0.05, 0.1) is 12.2 Å². The fraction of sp³-hybridized carbons (Fsp3) is 0.700. The third kappa shape index (κ3) is 3.92. The Morgan fingerprint density at radius 3 is 2.85 bits per heavy atom. The lowest BCUT2D eigenvalue weighted by Crippen LogP contribution is -2.44. The van der Waals surface area contributed by atoms with Crippen LogP contribution in [0.1, 0.15) is 55.1 Å². The first-order chi connectivity index (χ1) is 12.6. The van der Waals surface area contributed by atoms with E-state index in [9.17, 15) is 4.79 Å². The van der Waals surface area contributed by atoms with Crippen molar-refractivity contribution in [2.45, 2.75) is 63.3 Å². The number of rotatable bonds is 6. The predicted molar refractivity (Wildman–Crippen MR) is 98.1 cm³/mol. The lowest BCUT2D eigenvalue weighted by atomic mass is 9.87. The minimum atomic E-state index is -0.977. The van der Waals surface area contributed by atoms with Crippen molar-refractivity contribution in [3.63, 3.8) is 0 Å². The molecule has 142 valence electrons. The normalized spacial score (nSPS) is 30.6. The number of carboxylic acid groups (broad SMARTS) is 1. The number of nitrogens with zero attached hydrogens (tertiary/aromatic N) is 2. The zero-order valence-electron chi connectivity index (χ0n) is 15.5. The molecule has 1 aliphatic carbocycles. The summed E-state index contributed by atoms with van der Waals surface area (Å²) in [5, 5.41) is 12.7. The average molecular weight is 359 g/mol. The van der Waals surface area contributed by atoms with Crippen LogP contribution in [0, 0.1) is 5.92 Å². The van der Waals surface area contributed by atoms with E-state index in [1.165, 1.54) is 12.8 Å². The first-order valence-electron chi connectivity index (χ1n) is 9.87. The van der Waals surface area contributed by atoms with Crippen LogP contribution in [0.15, 0.2) is 18.3 Å². The minimum Gasteiger partial charge on any atom is -0.477 e.